The van der Waals surface area contributed by atoms with Crippen LogP contribution in [-0.2, 0) is 0 Å². The molecule has 1 amide bonds. The molecule has 0 aromatic heterocycles. The molecule has 1 aromatic rings. The zero-order valence-corrected chi connectivity index (χ0v) is 13.9. The average Bonchev–Trinajstić information content (AvgIpc) is 2.44. The molecule has 0 aliphatic carbocycles. The number of nitrogens with zero attached hydrogens (tertiary/aromatic N) is 1. The van der Waals surface area contributed by atoms with Crippen LogP contribution in [0.3, 0.4) is 0 Å². The summed E-state index contributed by atoms with van der Waals surface area (Å²) in [4.78, 5) is 13.9. The summed E-state index contributed by atoms with van der Waals surface area (Å²) < 4.78 is 0.798. The zero-order chi connectivity index (χ0) is 15.0. The third kappa shape index (κ3) is 5.53. The number of phenolic OH excluding ortho intramolecular Hbond substituents is 1. The van der Waals surface area contributed by atoms with Crippen molar-refractivity contribution in [1.82, 2.24) is 4.90 Å². The van der Waals surface area contributed by atoms with Gasteiger partial charge in [-0.2, -0.15) is 0 Å². The summed E-state index contributed by atoms with van der Waals surface area (Å²) >= 11 is 3.32. The van der Waals surface area contributed by atoms with Crippen LogP contribution in [-0.4, -0.2) is 29.5 Å². The maximum atomic E-state index is 12.2. The first-order valence-electron chi connectivity index (χ1n) is 7.30. The minimum absolute atomic E-state index is 0.0352. The molecular weight excluding hydrogens is 318 g/mol. The van der Waals surface area contributed by atoms with Gasteiger partial charge in [0.2, 0.25) is 0 Å². The number of hydrogen-bond acceptors (Lipinski definition) is 2. The van der Waals surface area contributed by atoms with Crippen LogP contribution in [0.15, 0.2) is 22.7 Å². The van der Waals surface area contributed by atoms with E-state index in [9.17, 15) is 9.90 Å². The lowest BCUT2D eigenvalue weighted by molar-refractivity contribution is 0.0789. The summed E-state index contributed by atoms with van der Waals surface area (Å²) in [6.45, 7) is 2.94. The van der Waals surface area contributed by atoms with Crippen LogP contribution in [0, 0.1) is 0 Å². The molecule has 0 atom stereocenters. The second kappa shape index (κ2) is 9.01. The van der Waals surface area contributed by atoms with E-state index in [1.165, 1.54) is 31.7 Å². The molecule has 0 heterocycles. The van der Waals surface area contributed by atoms with Crippen molar-refractivity contribution < 1.29 is 9.90 Å². The smallest absolute Gasteiger partial charge is 0.257 e. The predicted octanol–water partition coefficient (Wildman–Crippen LogP) is 4.59. The molecule has 4 heteroatoms. The van der Waals surface area contributed by atoms with E-state index >= 15 is 0 Å². The highest BCUT2D eigenvalue weighted by molar-refractivity contribution is 9.10. The van der Waals surface area contributed by atoms with Gasteiger partial charge in [-0.25, -0.2) is 0 Å². The Hall–Kier alpha value is -1.03. The van der Waals surface area contributed by atoms with Gasteiger partial charge in [0.05, 0.1) is 5.56 Å². The lowest BCUT2D eigenvalue weighted by Gasteiger charge is -2.18. The molecule has 0 saturated carbocycles. The van der Waals surface area contributed by atoms with E-state index in [0.717, 1.165) is 23.9 Å². The van der Waals surface area contributed by atoms with Gasteiger partial charge in [0.15, 0.2) is 0 Å². The number of carbonyl (C=O) groups excluding carboxylic acids is 1. The number of aromatic hydroxyl groups is 1. The molecule has 0 aliphatic rings. The summed E-state index contributed by atoms with van der Waals surface area (Å²) in [7, 11) is 1.79. The van der Waals surface area contributed by atoms with Gasteiger partial charge in [0.25, 0.3) is 5.91 Å². The summed E-state index contributed by atoms with van der Waals surface area (Å²) in [5.74, 6) is -0.0923. The molecule has 0 unspecified atom stereocenters. The van der Waals surface area contributed by atoms with E-state index < -0.39 is 0 Å². The van der Waals surface area contributed by atoms with Crippen molar-refractivity contribution in [2.24, 2.45) is 0 Å². The Morgan fingerprint density at radius 3 is 2.55 bits per heavy atom. The molecule has 0 fully saturated rings. The minimum atomic E-state index is -0.127. The maximum Gasteiger partial charge on any atom is 0.257 e. The summed E-state index contributed by atoms with van der Waals surface area (Å²) in [6.07, 6.45) is 7.22. The van der Waals surface area contributed by atoms with E-state index in [1.807, 2.05) is 0 Å². The largest absolute Gasteiger partial charge is 0.507 e. The second-order valence-corrected chi connectivity index (χ2v) is 6.07. The quantitative estimate of drug-likeness (QED) is 0.702. The van der Waals surface area contributed by atoms with Crippen molar-refractivity contribution in [2.75, 3.05) is 13.6 Å². The first-order valence-corrected chi connectivity index (χ1v) is 8.09. The normalized spacial score (nSPS) is 10.6. The molecule has 112 valence electrons. The van der Waals surface area contributed by atoms with Crippen LogP contribution in [0.2, 0.25) is 0 Å². The summed E-state index contributed by atoms with van der Waals surface area (Å²) in [5, 5.41) is 9.75. The monoisotopic (exact) mass is 341 g/mol. The maximum absolute atomic E-state index is 12.2. The standard InChI is InChI=1S/C16H24BrNO2/c1-3-4-5-6-7-8-11-18(2)16(20)14-12-13(17)9-10-15(14)19/h9-10,12,19H,3-8,11H2,1-2H3. The fraction of sp³-hybridized carbons (Fsp3) is 0.562. The Labute approximate surface area is 130 Å². The van der Waals surface area contributed by atoms with Gasteiger partial charge in [0.1, 0.15) is 5.75 Å². The van der Waals surface area contributed by atoms with Crippen molar-refractivity contribution in [3.05, 3.63) is 28.2 Å². The Balaban J connectivity index is 2.41. The van der Waals surface area contributed by atoms with Crippen molar-refractivity contribution in [2.45, 2.75) is 45.4 Å². The van der Waals surface area contributed by atoms with Gasteiger partial charge in [-0.15, -0.1) is 0 Å². The molecule has 1 rings (SSSR count). The molecule has 0 spiro atoms. The van der Waals surface area contributed by atoms with Crippen molar-refractivity contribution in [3.63, 3.8) is 0 Å². The number of carbonyl (C=O) groups is 1. The Kier molecular flexibility index (Phi) is 7.67. The van der Waals surface area contributed by atoms with Gasteiger partial charge in [0, 0.05) is 18.1 Å². The molecular formula is C16H24BrNO2. The SMILES string of the molecule is CCCCCCCCN(C)C(=O)c1cc(Br)ccc1O. The first kappa shape index (κ1) is 17.0. The number of phenols is 1. The van der Waals surface area contributed by atoms with E-state index in [-0.39, 0.29) is 11.7 Å². The number of halogens is 1. The van der Waals surface area contributed by atoms with Gasteiger partial charge >= 0.3 is 0 Å². The highest BCUT2D eigenvalue weighted by Gasteiger charge is 2.15. The van der Waals surface area contributed by atoms with Gasteiger partial charge in [-0.1, -0.05) is 55.0 Å². The van der Waals surface area contributed by atoms with Gasteiger partial charge < -0.3 is 10.0 Å². The molecule has 1 N–H and O–H groups in total. The zero-order valence-electron chi connectivity index (χ0n) is 12.4. The highest BCUT2D eigenvalue weighted by Crippen LogP contribution is 2.23. The van der Waals surface area contributed by atoms with E-state index in [4.69, 9.17) is 0 Å². The van der Waals surface area contributed by atoms with Crippen LogP contribution in [0.5, 0.6) is 5.75 Å². The lowest BCUT2D eigenvalue weighted by atomic mass is 10.1. The third-order valence-electron chi connectivity index (χ3n) is 3.38. The van der Waals surface area contributed by atoms with Crippen LogP contribution in [0.4, 0.5) is 0 Å². The number of hydrogen-bond donors (Lipinski definition) is 1. The molecule has 0 bridgehead atoms. The predicted molar refractivity (Wildman–Crippen MR) is 86.1 cm³/mol. The van der Waals surface area contributed by atoms with Gasteiger partial charge in [-0.05, 0) is 24.6 Å². The Bertz CT molecular complexity index is 434. The molecule has 0 saturated heterocycles. The van der Waals surface area contributed by atoms with Gasteiger partial charge in [-0.3, -0.25) is 4.79 Å². The molecule has 3 nitrogen and oxygen atoms in total. The van der Waals surface area contributed by atoms with E-state index in [2.05, 4.69) is 22.9 Å². The molecule has 20 heavy (non-hydrogen) atoms. The van der Waals surface area contributed by atoms with Crippen molar-refractivity contribution in [1.29, 1.82) is 0 Å². The third-order valence-corrected chi connectivity index (χ3v) is 3.88. The molecule has 0 radical (unpaired) electrons. The van der Waals surface area contributed by atoms with E-state index in [0.29, 0.717) is 5.56 Å². The fourth-order valence-corrected chi connectivity index (χ4v) is 2.48. The van der Waals surface area contributed by atoms with Crippen LogP contribution in [0.25, 0.3) is 0 Å². The Morgan fingerprint density at radius 1 is 1.20 bits per heavy atom. The lowest BCUT2D eigenvalue weighted by Crippen LogP contribution is -2.27. The summed E-state index contributed by atoms with van der Waals surface area (Å²) in [5.41, 5.74) is 0.354. The number of benzene rings is 1. The first-order chi connectivity index (χ1) is 9.56. The fourth-order valence-electron chi connectivity index (χ4n) is 2.12. The van der Waals surface area contributed by atoms with Crippen molar-refractivity contribution >= 4 is 21.8 Å². The molecule has 0 aliphatic heterocycles. The van der Waals surface area contributed by atoms with E-state index in [1.54, 1.807) is 24.1 Å². The number of unbranched alkanes of at least 4 members (excludes halogenated alkanes) is 5. The second-order valence-electron chi connectivity index (χ2n) is 5.16. The van der Waals surface area contributed by atoms with Crippen molar-refractivity contribution in [3.8, 4) is 5.75 Å². The van der Waals surface area contributed by atoms with Crippen LogP contribution >= 0.6 is 15.9 Å². The number of amides is 1. The minimum Gasteiger partial charge on any atom is -0.507 e. The van der Waals surface area contributed by atoms with Crippen LogP contribution in [0.1, 0.15) is 55.8 Å². The average molecular weight is 342 g/mol. The summed E-state index contributed by atoms with van der Waals surface area (Å²) in [6, 6.07) is 4.92. The highest BCUT2D eigenvalue weighted by atomic mass is 79.9. The Morgan fingerprint density at radius 2 is 1.85 bits per heavy atom. The molecule has 1 aromatic carbocycles. The topological polar surface area (TPSA) is 40.5 Å². The number of rotatable bonds is 8. The van der Waals surface area contributed by atoms with Crippen LogP contribution < -0.4 is 0 Å².